The highest BCUT2D eigenvalue weighted by Gasteiger charge is 2.27. The van der Waals surface area contributed by atoms with Crippen molar-refractivity contribution in [2.24, 2.45) is 5.73 Å². The molecule has 0 saturated heterocycles. The van der Waals surface area contributed by atoms with E-state index in [0.717, 1.165) is 11.0 Å². The predicted octanol–water partition coefficient (Wildman–Crippen LogP) is -1.22. The van der Waals surface area contributed by atoms with Crippen LogP contribution in [0.1, 0.15) is 5.56 Å². The Hall–Kier alpha value is -1.57. The summed E-state index contributed by atoms with van der Waals surface area (Å²) in [7, 11) is 0.405. The number of nitrogens with two attached hydrogens (primary N) is 1. The Morgan fingerprint density at radius 2 is 2.44 bits per heavy atom. The Morgan fingerprint density at radius 1 is 1.67 bits per heavy atom. The third-order valence-electron chi connectivity index (χ3n) is 2.71. The van der Waals surface area contributed by atoms with Gasteiger partial charge in [-0.05, 0) is 23.2 Å². The van der Waals surface area contributed by atoms with E-state index in [1.54, 1.807) is 18.2 Å². The van der Waals surface area contributed by atoms with Gasteiger partial charge >= 0.3 is 13.1 Å². The smallest absolute Gasteiger partial charge is 0.491 e. The zero-order valence-corrected chi connectivity index (χ0v) is 9.96. The van der Waals surface area contributed by atoms with Gasteiger partial charge in [0.1, 0.15) is 18.4 Å². The van der Waals surface area contributed by atoms with Crippen molar-refractivity contribution in [3.63, 3.8) is 0 Å². The van der Waals surface area contributed by atoms with Gasteiger partial charge in [0, 0.05) is 0 Å². The number of ether oxygens (including phenoxy) is 2. The zero-order valence-electron chi connectivity index (χ0n) is 9.96. The minimum Gasteiger partial charge on any atom is -0.491 e. The number of hydrogen-bond acceptors (Lipinski definition) is 6. The summed E-state index contributed by atoms with van der Waals surface area (Å²) in [5.74, 6) is 0.0562. The van der Waals surface area contributed by atoms with E-state index in [2.05, 4.69) is 4.74 Å². The Kier molecular flexibility index (Phi) is 3.85. The molecular formula is C11H14BNO5. The van der Waals surface area contributed by atoms with E-state index in [1.807, 2.05) is 0 Å². The molecule has 0 fully saturated rings. The molecule has 0 amide bonds. The van der Waals surface area contributed by atoms with Crippen LogP contribution in [0, 0.1) is 0 Å². The molecule has 1 atom stereocenters. The largest absolute Gasteiger partial charge is 0.491 e. The van der Waals surface area contributed by atoms with E-state index in [0.29, 0.717) is 12.4 Å². The number of methoxy groups -OCH3 is 1. The molecule has 1 aliphatic heterocycles. The first kappa shape index (κ1) is 12.9. The van der Waals surface area contributed by atoms with Crippen molar-refractivity contribution in [1.82, 2.24) is 0 Å². The molecule has 1 aromatic carbocycles. The molecule has 1 aliphatic rings. The summed E-state index contributed by atoms with van der Waals surface area (Å²) in [4.78, 5) is 11.1. The number of rotatable bonds is 4. The summed E-state index contributed by atoms with van der Waals surface area (Å²) in [6.07, 6.45) is 0. The highest BCUT2D eigenvalue weighted by atomic mass is 16.5. The molecule has 0 saturated carbocycles. The van der Waals surface area contributed by atoms with Crippen molar-refractivity contribution in [3.05, 3.63) is 23.8 Å². The number of hydrogen-bond donors (Lipinski definition) is 2. The van der Waals surface area contributed by atoms with Crippen LogP contribution in [-0.4, -0.2) is 37.9 Å². The van der Waals surface area contributed by atoms with Crippen molar-refractivity contribution in [2.75, 3.05) is 13.7 Å². The van der Waals surface area contributed by atoms with Crippen LogP contribution in [0.25, 0.3) is 0 Å². The molecule has 18 heavy (non-hydrogen) atoms. The molecule has 1 unspecified atom stereocenters. The molecule has 7 heteroatoms. The number of carbonyl (C=O) groups is 1. The molecule has 2 rings (SSSR count). The van der Waals surface area contributed by atoms with Crippen molar-refractivity contribution >= 4 is 18.6 Å². The second-order valence-electron chi connectivity index (χ2n) is 3.96. The SMILES string of the molecule is COC(=O)C(N)COc1ccc2c(c1)COB2O. The highest BCUT2D eigenvalue weighted by Crippen LogP contribution is 2.17. The van der Waals surface area contributed by atoms with Crippen LogP contribution in [0.3, 0.4) is 0 Å². The average Bonchev–Trinajstić information content (AvgIpc) is 2.76. The third-order valence-corrected chi connectivity index (χ3v) is 2.71. The van der Waals surface area contributed by atoms with Gasteiger partial charge in [0.2, 0.25) is 0 Å². The van der Waals surface area contributed by atoms with E-state index < -0.39 is 19.1 Å². The monoisotopic (exact) mass is 251 g/mol. The summed E-state index contributed by atoms with van der Waals surface area (Å²) in [5, 5.41) is 9.45. The van der Waals surface area contributed by atoms with Crippen LogP contribution in [-0.2, 0) is 20.8 Å². The maximum atomic E-state index is 11.1. The van der Waals surface area contributed by atoms with Gasteiger partial charge in [0.05, 0.1) is 13.7 Å². The third kappa shape index (κ3) is 2.64. The van der Waals surface area contributed by atoms with Gasteiger partial charge in [0.25, 0.3) is 0 Å². The first-order chi connectivity index (χ1) is 8.61. The topological polar surface area (TPSA) is 91.0 Å². The Bertz CT molecular complexity index is 453. The molecule has 96 valence electrons. The van der Waals surface area contributed by atoms with Crippen LogP contribution in [0.5, 0.6) is 5.75 Å². The highest BCUT2D eigenvalue weighted by molar-refractivity contribution is 6.61. The van der Waals surface area contributed by atoms with E-state index >= 15 is 0 Å². The van der Waals surface area contributed by atoms with Crippen LogP contribution in [0.2, 0.25) is 0 Å². The molecule has 0 aromatic heterocycles. The minimum atomic E-state index is -0.869. The summed E-state index contributed by atoms with van der Waals surface area (Å²) in [6.45, 7) is 0.381. The molecule has 6 nitrogen and oxygen atoms in total. The number of fused-ring (bicyclic) bond motifs is 1. The second kappa shape index (κ2) is 5.39. The molecular weight excluding hydrogens is 237 g/mol. The first-order valence-corrected chi connectivity index (χ1v) is 5.50. The molecule has 0 bridgehead atoms. The molecule has 1 aromatic rings. The lowest BCUT2D eigenvalue weighted by Gasteiger charge is -2.11. The quantitative estimate of drug-likeness (QED) is 0.515. The van der Waals surface area contributed by atoms with Crippen molar-refractivity contribution in [1.29, 1.82) is 0 Å². The molecule has 0 aliphatic carbocycles. The van der Waals surface area contributed by atoms with E-state index in [-0.39, 0.29) is 6.61 Å². The normalized spacial score (nSPS) is 15.2. The van der Waals surface area contributed by atoms with E-state index in [1.165, 1.54) is 7.11 Å². The van der Waals surface area contributed by atoms with Crippen LogP contribution < -0.4 is 15.9 Å². The Balaban J connectivity index is 1.97. The lowest BCUT2D eigenvalue weighted by Crippen LogP contribution is -2.37. The standard InChI is InChI=1S/C11H14BNO5/c1-16-11(14)10(13)6-17-8-2-3-9-7(4-8)5-18-12(9)15/h2-4,10,15H,5-6,13H2,1H3. The summed E-state index contributed by atoms with van der Waals surface area (Å²) >= 11 is 0. The van der Waals surface area contributed by atoms with E-state index in [9.17, 15) is 9.82 Å². The maximum Gasteiger partial charge on any atom is 0.491 e. The van der Waals surface area contributed by atoms with Gasteiger partial charge in [-0.15, -0.1) is 0 Å². The fourth-order valence-corrected chi connectivity index (χ4v) is 1.70. The Morgan fingerprint density at radius 3 is 3.17 bits per heavy atom. The maximum absolute atomic E-state index is 11.1. The average molecular weight is 251 g/mol. The summed E-state index contributed by atoms with van der Waals surface area (Å²) in [6, 6.07) is 4.37. The lowest BCUT2D eigenvalue weighted by atomic mass is 9.80. The van der Waals surface area contributed by atoms with E-state index in [4.69, 9.17) is 15.1 Å². The molecule has 0 radical (unpaired) electrons. The fraction of sp³-hybridized carbons (Fsp3) is 0.364. The predicted molar refractivity (Wildman–Crippen MR) is 64.3 cm³/mol. The van der Waals surface area contributed by atoms with Crippen LogP contribution in [0.15, 0.2) is 18.2 Å². The molecule has 3 N–H and O–H groups in total. The number of benzene rings is 1. The van der Waals surface area contributed by atoms with Gasteiger partial charge < -0.3 is 24.9 Å². The van der Waals surface area contributed by atoms with Gasteiger partial charge in [-0.1, -0.05) is 6.07 Å². The lowest BCUT2D eigenvalue weighted by molar-refractivity contribution is -0.142. The Labute approximate surface area is 105 Å². The van der Waals surface area contributed by atoms with Gasteiger partial charge in [-0.3, -0.25) is 4.79 Å². The first-order valence-electron chi connectivity index (χ1n) is 5.50. The second-order valence-corrected chi connectivity index (χ2v) is 3.96. The summed E-state index contributed by atoms with van der Waals surface area (Å²) < 4.78 is 14.9. The van der Waals surface area contributed by atoms with Crippen LogP contribution in [0.4, 0.5) is 0 Å². The number of carbonyl (C=O) groups excluding carboxylic acids is 1. The number of esters is 1. The fourth-order valence-electron chi connectivity index (χ4n) is 1.70. The van der Waals surface area contributed by atoms with Crippen molar-refractivity contribution < 1.29 is 23.9 Å². The molecule has 1 heterocycles. The van der Waals surface area contributed by atoms with Gasteiger partial charge in [-0.25, -0.2) is 0 Å². The van der Waals surface area contributed by atoms with Gasteiger partial charge in [0.15, 0.2) is 0 Å². The van der Waals surface area contributed by atoms with Gasteiger partial charge in [-0.2, -0.15) is 0 Å². The van der Waals surface area contributed by atoms with Crippen molar-refractivity contribution in [3.8, 4) is 5.75 Å². The minimum absolute atomic E-state index is 0.0366. The molecule has 0 spiro atoms. The summed E-state index contributed by atoms with van der Waals surface area (Å²) in [5.41, 5.74) is 7.15. The van der Waals surface area contributed by atoms with Crippen LogP contribution >= 0.6 is 0 Å². The zero-order chi connectivity index (χ0) is 13.1. The van der Waals surface area contributed by atoms with Crippen molar-refractivity contribution in [2.45, 2.75) is 12.6 Å².